The van der Waals surface area contributed by atoms with Crippen molar-refractivity contribution in [3.63, 3.8) is 0 Å². The number of hydrogen-bond donors (Lipinski definition) is 1. The van der Waals surface area contributed by atoms with Gasteiger partial charge in [-0.3, -0.25) is 0 Å². The molecule has 2 heteroatoms. The summed E-state index contributed by atoms with van der Waals surface area (Å²) in [6, 6.07) is 8.40. The summed E-state index contributed by atoms with van der Waals surface area (Å²) in [5, 5.41) is 3.38. The second-order valence-electron chi connectivity index (χ2n) is 4.20. The molecule has 0 spiro atoms. The Morgan fingerprint density at radius 2 is 2.12 bits per heavy atom. The van der Waals surface area contributed by atoms with Crippen molar-refractivity contribution in [2.24, 2.45) is 5.92 Å². The van der Waals surface area contributed by atoms with Crippen LogP contribution < -0.4 is 10.1 Å². The Hall–Kier alpha value is -1.02. The van der Waals surface area contributed by atoms with Crippen molar-refractivity contribution < 1.29 is 4.74 Å². The molecule has 0 radical (unpaired) electrons. The average Bonchev–Trinajstić information content (AvgIpc) is 2.27. The van der Waals surface area contributed by atoms with Crippen molar-refractivity contribution in [2.45, 2.75) is 27.2 Å². The van der Waals surface area contributed by atoms with E-state index in [1.807, 2.05) is 13.0 Å². The molecule has 16 heavy (non-hydrogen) atoms. The van der Waals surface area contributed by atoms with Gasteiger partial charge >= 0.3 is 0 Å². The Bertz CT molecular complexity index is 299. The van der Waals surface area contributed by atoms with Gasteiger partial charge in [0.25, 0.3) is 0 Å². The van der Waals surface area contributed by atoms with Gasteiger partial charge < -0.3 is 10.1 Å². The van der Waals surface area contributed by atoms with Crippen LogP contribution in [0.1, 0.15) is 26.3 Å². The van der Waals surface area contributed by atoms with Crippen molar-refractivity contribution in [2.75, 3.05) is 19.7 Å². The highest BCUT2D eigenvalue weighted by atomic mass is 16.5. The summed E-state index contributed by atoms with van der Waals surface area (Å²) in [7, 11) is 0. The molecule has 1 aromatic rings. The Labute approximate surface area is 99.0 Å². The molecular formula is C14H23NO. The topological polar surface area (TPSA) is 21.3 Å². The fourth-order valence-corrected chi connectivity index (χ4v) is 1.79. The van der Waals surface area contributed by atoms with E-state index >= 15 is 0 Å². The van der Waals surface area contributed by atoms with E-state index in [1.165, 1.54) is 5.56 Å². The molecule has 1 unspecified atom stereocenters. The number of ether oxygens (including phenoxy) is 1. The van der Waals surface area contributed by atoms with Crippen molar-refractivity contribution in [1.29, 1.82) is 0 Å². The lowest BCUT2D eigenvalue weighted by molar-refractivity contribution is 0.339. The highest BCUT2D eigenvalue weighted by Crippen LogP contribution is 2.16. The van der Waals surface area contributed by atoms with Crippen LogP contribution in [-0.2, 0) is 6.42 Å². The number of rotatable bonds is 7. The van der Waals surface area contributed by atoms with Crippen LogP contribution in [0, 0.1) is 5.92 Å². The van der Waals surface area contributed by atoms with Crippen LogP contribution in [0.3, 0.4) is 0 Å². The monoisotopic (exact) mass is 221 g/mol. The molecule has 0 amide bonds. The first-order valence-electron chi connectivity index (χ1n) is 6.18. The van der Waals surface area contributed by atoms with Crippen LogP contribution in [-0.4, -0.2) is 19.7 Å². The van der Waals surface area contributed by atoms with Gasteiger partial charge in [0.15, 0.2) is 0 Å². The van der Waals surface area contributed by atoms with Crippen LogP contribution in [0.5, 0.6) is 5.75 Å². The smallest absolute Gasteiger partial charge is 0.119 e. The van der Waals surface area contributed by atoms with E-state index in [4.69, 9.17) is 4.74 Å². The molecule has 90 valence electrons. The summed E-state index contributed by atoms with van der Waals surface area (Å²) in [6.45, 7) is 9.29. The molecule has 0 aliphatic heterocycles. The first kappa shape index (κ1) is 13.0. The maximum absolute atomic E-state index is 5.49. The maximum atomic E-state index is 5.49. The zero-order valence-corrected chi connectivity index (χ0v) is 10.6. The Kier molecular flexibility index (Phi) is 5.94. The summed E-state index contributed by atoms with van der Waals surface area (Å²) < 4.78 is 5.49. The molecular weight excluding hydrogens is 198 g/mol. The third-order valence-electron chi connectivity index (χ3n) is 2.54. The van der Waals surface area contributed by atoms with Gasteiger partial charge in [0.1, 0.15) is 5.75 Å². The molecule has 1 N–H and O–H groups in total. The summed E-state index contributed by atoms with van der Waals surface area (Å²) >= 11 is 0. The van der Waals surface area contributed by atoms with Gasteiger partial charge in [0, 0.05) is 0 Å². The lowest BCUT2D eigenvalue weighted by atomic mass is 10.0. The highest BCUT2D eigenvalue weighted by molar-refractivity contribution is 5.28. The largest absolute Gasteiger partial charge is 0.494 e. The molecule has 0 bridgehead atoms. The number of hydrogen-bond acceptors (Lipinski definition) is 2. The van der Waals surface area contributed by atoms with Gasteiger partial charge in [-0.05, 0) is 50.0 Å². The highest BCUT2D eigenvalue weighted by Gasteiger charge is 2.03. The normalized spacial score (nSPS) is 12.4. The van der Waals surface area contributed by atoms with Crippen LogP contribution in [0.4, 0.5) is 0 Å². The Balaban J connectivity index is 2.49. The van der Waals surface area contributed by atoms with E-state index in [2.05, 4.69) is 37.4 Å². The van der Waals surface area contributed by atoms with Crippen molar-refractivity contribution >= 4 is 0 Å². The molecule has 1 aromatic carbocycles. The molecule has 0 aliphatic rings. The summed E-state index contributed by atoms with van der Waals surface area (Å²) in [5.41, 5.74) is 1.36. The Morgan fingerprint density at radius 3 is 2.81 bits per heavy atom. The summed E-state index contributed by atoms with van der Waals surface area (Å²) in [5.74, 6) is 1.65. The number of nitrogens with one attached hydrogen (secondary N) is 1. The summed E-state index contributed by atoms with van der Waals surface area (Å²) in [4.78, 5) is 0. The van der Waals surface area contributed by atoms with E-state index in [0.717, 1.165) is 31.9 Å². The van der Waals surface area contributed by atoms with Crippen LogP contribution >= 0.6 is 0 Å². The average molecular weight is 221 g/mol. The molecule has 1 rings (SSSR count). The second kappa shape index (κ2) is 7.29. The third-order valence-corrected chi connectivity index (χ3v) is 2.54. The lowest BCUT2D eigenvalue weighted by Gasteiger charge is -2.12. The van der Waals surface area contributed by atoms with Gasteiger partial charge in [0.2, 0.25) is 0 Å². The van der Waals surface area contributed by atoms with Gasteiger partial charge in [-0.1, -0.05) is 26.0 Å². The predicted molar refractivity (Wildman–Crippen MR) is 69.0 cm³/mol. The fourth-order valence-electron chi connectivity index (χ4n) is 1.79. The van der Waals surface area contributed by atoms with E-state index in [0.29, 0.717) is 5.92 Å². The van der Waals surface area contributed by atoms with Crippen LogP contribution in [0.25, 0.3) is 0 Å². The molecule has 0 aliphatic carbocycles. The molecule has 0 heterocycles. The molecule has 0 saturated heterocycles. The molecule has 1 atom stereocenters. The van der Waals surface area contributed by atoms with Crippen molar-refractivity contribution in [1.82, 2.24) is 5.32 Å². The quantitative estimate of drug-likeness (QED) is 0.764. The molecule has 0 saturated carbocycles. The lowest BCUT2D eigenvalue weighted by Crippen LogP contribution is -2.21. The second-order valence-corrected chi connectivity index (χ2v) is 4.20. The Morgan fingerprint density at radius 1 is 1.31 bits per heavy atom. The van der Waals surface area contributed by atoms with Gasteiger partial charge in [-0.2, -0.15) is 0 Å². The van der Waals surface area contributed by atoms with E-state index < -0.39 is 0 Å². The summed E-state index contributed by atoms with van der Waals surface area (Å²) in [6.07, 6.45) is 1.11. The standard InChI is InChI=1S/C14H23NO/c1-4-15-11-12(3)9-13-7-6-8-14(10-13)16-5-2/h6-8,10,12,15H,4-5,9,11H2,1-3H3. The molecule has 2 nitrogen and oxygen atoms in total. The zero-order chi connectivity index (χ0) is 11.8. The van der Waals surface area contributed by atoms with Crippen LogP contribution in [0.15, 0.2) is 24.3 Å². The minimum absolute atomic E-state index is 0.664. The first-order chi connectivity index (χ1) is 7.76. The van der Waals surface area contributed by atoms with Gasteiger partial charge in [-0.15, -0.1) is 0 Å². The van der Waals surface area contributed by atoms with E-state index in [9.17, 15) is 0 Å². The molecule has 0 aromatic heterocycles. The SMILES string of the molecule is CCNCC(C)Cc1cccc(OCC)c1. The number of benzene rings is 1. The predicted octanol–water partition coefficient (Wildman–Crippen LogP) is 2.87. The van der Waals surface area contributed by atoms with Crippen molar-refractivity contribution in [3.05, 3.63) is 29.8 Å². The van der Waals surface area contributed by atoms with E-state index in [1.54, 1.807) is 0 Å². The van der Waals surface area contributed by atoms with Gasteiger partial charge in [-0.25, -0.2) is 0 Å². The van der Waals surface area contributed by atoms with Crippen molar-refractivity contribution in [3.8, 4) is 5.75 Å². The zero-order valence-electron chi connectivity index (χ0n) is 10.6. The fraction of sp³-hybridized carbons (Fsp3) is 0.571. The molecule has 0 fully saturated rings. The first-order valence-corrected chi connectivity index (χ1v) is 6.18. The van der Waals surface area contributed by atoms with E-state index in [-0.39, 0.29) is 0 Å². The van der Waals surface area contributed by atoms with Crippen LogP contribution in [0.2, 0.25) is 0 Å². The van der Waals surface area contributed by atoms with Gasteiger partial charge in [0.05, 0.1) is 6.61 Å². The maximum Gasteiger partial charge on any atom is 0.119 e. The minimum atomic E-state index is 0.664. The third kappa shape index (κ3) is 4.67. The minimum Gasteiger partial charge on any atom is -0.494 e.